The predicted molar refractivity (Wildman–Crippen MR) is 109 cm³/mol. The average Bonchev–Trinajstić information content (AvgIpc) is 3.08. The molecule has 1 atom stereocenters. The van der Waals surface area contributed by atoms with Gasteiger partial charge in [-0.15, -0.1) is 10.2 Å². The molecule has 2 aromatic carbocycles. The molecule has 30 heavy (non-hydrogen) atoms. The van der Waals surface area contributed by atoms with Gasteiger partial charge in [-0.25, -0.2) is 4.68 Å². The zero-order chi connectivity index (χ0) is 21.7. The molecular formula is C19H19F2N5O3S. The van der Waals surface area contributed by atoms with Crippen molar-refractivity contribution in [3.63, 3.8) is 0 Å². The van der Waals surface area contributed by atoms with E-state index in [1.54, 1.807) is 31.2 Å². The van der Waals surface area contributed by atoms with E-state index in [0.29, 0.717) is 28.0 Å². The number of benzene rings is 2. The molecule has 3 rings (SSSR count). The number of amides is 1. The minimum atomic E-state index is -2.90. The van der Waals surface area contributed by atoms with Crippen LogP contribution in [0.2, 0.25) is 0 Å². The van der Waals surface area contributed by atoms with Crippen LogP contribution in [0.15, 0.2) is 53.7 Å². The number of nitrogen functional groups attached to an aromatic ring is 1. The van der Waals surface area contributed by atoms with Crippen LogP contribution in [0, 0.1) is 0 Å². The van der Waals surface area contributed by atoms with Gasteiger partial charge in [-0.2, -0.15) is 8.78 Å². The Labute approximate surface area is 175 Å². The van der Waals surface area contributed by atoms with Gasteiger partial charge in [0.05, 0.1) is 18.0 Å². The molecule has 0 aliphatic heterocycles. The number of para-hydroxylation sites is 2. The number of carbonyl (C=O) groups is 1. The number of methoxy groups -OCH3 is 1. The molecule has 3 aromatic rings. The van der Waals surface area contributed by atoms with Crippen molar-refractivity contribution in [1.82, 2.24) is 14.9 Å². The Kier molecular flexibility index (Phi) is 6.72. The first-order valence-corrected chi connectivity index (χ1v) is 9.63. The standard InChI is InChI=1S/C19H19F2N5O3S/c1-11(17(27)23-14-5-3-4-6-15(14)28-2)30-19-25-24-16(26(19)22)12-7-9-13(10-8-12)29-18(20)21/h3-11,18H,22H2,1-2H3,(H,23,27). The molecule has 1 unspecified atom stereocenters. The molecule has 1 amide bonds. The lowest BCUT2D eigenvalue weighted by Crippen LogP contribution is -2.24. The number of alkyl halides is 2. The van der Waals surface area contributed by atoms with Crippen molar-refractivity contribution in [2.24, 2.45) is 0 Å². The van der Waals surface area contributed by atoms with E-state index in [4.69, 9.17) is 10.6 Å². The van der Waals surface area contributed by atoms with Crippen molar-refractivity contribution < 1.29 is 23.0 Å². The number of ether oxygens (including phenoxy) is 2. The van der Waals surface area contributed by atoms with E-state index in [9.17, 15) is 13.6 Å². The van der Waals surface area contributed by atoms with Crippen molar-refractivity contribution in [3.05, 3.63) is 48.5 Å². The van der Waals surface area contributed by atoms with Crippen LogP contribution in [-0.4, -0.2) is 39.8 Å². The van der Waals surface area contributed by atoms with Crippen molar-refractivity contribution in [1.29, 1.82) is 0 Å². The monoisotopic (exact) mass is 435 g/mol. The summed E-state index contributed by atoms with van der Waals surface area (Å²) in [5.41, 5.74) is 1.11. The van der Waals surface area contributed by atoms with Gasteiger partial charge in [-0.1, -0.05) is 23.9 Å². The second-order valence-electron chi connectivity index (χ2n) is 6.03. The number of rotatable bonds is 8. The number of anilines is 1. The summed E-state index contributed by atoms with van der Waals surface area (Å²) in [6.07, 6.45) is 0. The zero-order valence-corrected chi connectivity index (χ0v) is 16.9. The highest BCUT2D eigenvalue weighted by Gasteiger charge is 2.21. The lowest BCUT2D eigenvalue weighted by atomic mass is 10.2. The molecular weight excluding hydrogens is 416 g/mol. The number of aromatic nitrogens is 3. The highest BCUT2D eigenvalue weighted by atomic mass is 32.2. The minimum Gasteiger partial charge on any atom is -0.495 e. The van der Waals surface area contributed by atoms with Gasteiger partial charge in [-0.05, 0) is 43.3 Å². The van der Waals surface area contributed by atoms with E-state index in [-0.39, 0.29) is 11.7 Å². The van der Waals surface area contributed by atoms with Crippen molar-refractivity contribution >= 4 is 23.4 Å². The zero-order valence-electron chi connectivity index (χ0n) is 16.1. The third-order valence-electron chi connectivity index (χ3n) is 4.02. The van der Waals surface area contributed by atoms with Crippen LogP contribution in [0.3, 0.4) is 0 Å². The van der Waals surface area contributed by atoms with Crippen molar-refractivity contribution in [2.45, 2.75) is 23.9 Å². The number of nitrogens with zero attached hydrogens (tertiary/aromatic N) is 3. The summed E-state index contributed by atoms with van der Waals surface area (Å²) in [5.74, 6) is 6.69. The fourth-order valence-electron chi connectivity index (χ4n) is 2.53. The van der Waals surface area contributed by atoms with E-state index in [1.807, 2.05) is 0 Å². The first kappa shape index (κ1) is 21.4. The van der Waals surface area contributed by atoms with E-state index in [1.165, 1.54) is 36.1 Å². The van der Waals surface area contributed by atoms with Gasteiger partial charge >= 0.3 is 6.61 Å². The summed E-state index contributed by atoms with van der Waals surface area (Å²) >= 11 is 1.13. The number of hydrogen-bond donors (Lipinski definition) is 2. The van der Waals surface area contributed by atoms with E-state index >= 15 is 0 Å². The Hall–Kier alpha value is -3.34. The number of halogens is 2. The largest absolute Gasteiger partial charge is 0.495 e. The van der Waals surface area contributed by atoms with Gasteiger partial charge in [0.25, 0.3) is 0 Å². The number of nitrogens with one attached hydrogen (secondary N) is 1. The van der Waals surface area contributed by atoms with Gasteiger partial charge in [0.2, 0.25) is 11.1 Å². The molecule has 158 valence electrons. The Bertz CT molecular complexity index is 1010. The van der Waals surface area contributed by atoms with E-state index in [2.05, 4.69) is 20.3 Å². The van der Waals surface area contributed by atoms with Gasteiger partial charge in [0.15, 0.2) is 5.82 Å². The van der Waals surface area contributed by atoms with Crippen LogP contribution >= 0.6 is 11.8 Å². The first-order valence-electron chi connectivity index (χ1n) is 8.75. The second-order valence-corrected chi connectivity index (χ2v) is 7.34. The van der Waals surface area contributed by atoms with Crippen molar-refractivity contribution in [3.8, 4) is 22.9 Å². The Balaban J connectivity index is 1.69. The highest BCUT2D eigenvalue weighted by molar-refractivity contribution is 8.00. The molecule has 8 nitrogen and oxygen atoms in total. The second kappa shape index (κ2) is 9.44. The molecule has 0 saturated heterocycles. The molecule has 0 saturated carbocycles. The molecule has 0 fully saturated rings. The molecule has 0 radical (unpaired) electrons. The number of nitrogens with two attached hydrogens (primary N) is 1. The van der Waals surface area contributed by atoms with Gasteiger partial charge in [0.1, 0.15) is 11.5 Å². The lowest BCUT2D eigenvalue weighted by molar-refractivity contribution is -0.115. The number of carbonyl (C=O) groups excluding carboxylic acids is 1. The highest BCUT2D eigenvalue weighted by Crippen LogP contribution is 2.28. The van der Waals surface area contributed by atoms with Crippen LogP contribution in [0.25, 0.3) is 11.4 Å². The Morgan fingerprint density at radius 3 is 2.53 bits per heavy atom. The van der Waals surface area contributed by atoms with Crippen LogP contribution in [0.4, 0.5) is 14.5 Å². The first-order chi connectivity index (χ1) is 14.4. The van der Waals surface area contributed by atoms with Gasteiger partial charge < -0.3 is 20.6 Å². The molecule has 1 aromatic heterocycles. The number of hydrogen-bond acceptors (Lipinski definition) is 7. The maximum absolute atomic E-state index is 12.5. The minimum absolute atomic E-state index is 0.0214. The Morgan fingerprint density at radius 2 is 1.87 bits per heavy atom. The molecule has 3 N–H and O–H groups in total. The molecule has 11 heteroatoms. The molecule has 0 spiro atoms. The summed E-state index contributed by atoms with van der Waals surface area (Å²) in [5, 5.41) is 10.6. The molecule has 1 heterocycles. The van der Waals surface area contributed by atoms with Crippen molar-refractivity contribution in [2.75, 3.05) is 18.3 Å². The lowest BCUT2D eigenvalue weighted by Gasteiger charge is -2.13. The fourth-order valence-corrected chi connectivity index (χ4v) is 3.30. The fraction of sp³-hybridized carbons (Fsp3) is 0.211. The molecule has 0 bridgehead atoms. The predicted octanol–water partition coefficient (Wildman–Crippen LogP) is 3.39. The SMILES string of the molecule is COc1ccccc1NC(=O)C(C)Sc1nnc(-c2ccc(OC(F)F)cc2)n1N. The Morgan fingerprint density at radius 1 is 1.17 bits per heavy atom. The summed E-state index contributed by atoms with van der Waals surface area (Å²) in [7, 11) is 1.52. The summed E-state index contributed by atoms with van der Waals surface area (Å²) < 4.78 is 35.3. The van der Waals surface area contributed by atoms with Crippen LogP contribution in [0.1, 0.15) is 6.92 Å². The third kappa shape index (κ3) is 4.98. The van der Waals surface area contributed by atoms with Gasteiger partial charge in [0, 0.05) is 5.56 Å². The number of thioether (sulfide) groups is 1. The van der Waals surface area contributed by atoms with E-state index in [0.717, 1.165) is 11.8 Å². The van der Waals surface area contributed by atoms with Crippen LogP contribution in [0.5, 0.6) is 11.5 Å². The smallest absolute Gasteiger partial charge is 0.387 e. The molecule has 0 aliphatic carbocycles. The quantitative estimate of drug-likeness (QED) is 0.413. The summed E-state index contributed by atoms with van der Waals surface area (Å²) in [6, 6.07) is 12.9. The van der Waals surface area contributed by atoms with Gasteiger partial charge in [-0.3, -0.25) is 4.79 Å². The average molecular weight is 435 g/mol. The maximum atomic E-state index is 12.5. The van der Waals surface area contributed by atoms with Crippen LogP contribution < -0.4 is 20.6 Å². The summed E-state index contributed by atoms with van der Waals surface area (Å²) in [4.78, 5) is 12.5. The molecule has 0 aliphatic rings. The van der Waals surface area contributed by atoms with E-state index < -0.39 is 11.9 Å². The maximum Gasteiger partial charge on any atom is 0.387 e. The topological polar surface area (TPSA) is 104 Å². The normalized spacial score (nSPS) is 11.9. The summed E-state index contributed by atoms with van der Waals surface area (Å²) in [6.45, 7) is -1.19. The van der Waals surface area contributed by atoms with Crippen LogP contribution in [-0.2, 0) is 4.79 Å². The third-order valence-corrected chi connectivity index (χ3v) is 5.08.